The number of thiazole rings is 1. The second-order valence-corrected chi connectivity index (χ2v) is 12.8. The molecule has 5 rings (SSSR count). The summed E-state index contributed by atoms with van der Waals surface area (Å²) < 4.78 is 42.2. The normalized spacial score (nSPS) is 13.6. The van der Waals surface area contributed by atoms with E-state index in [0.29, 0.717) is 57.0 Å². The first-order valence-electron chi connectivity index (χ1n) is 12.5. The minimum atomic E-state index is -3.40. The highest BCUT2D eigenvalue weighted by Gasteiger charge is 2.37. The summed E-state index contributed by atoms with van der Waals surface area (Å²) in [6.45, 7) is 7.60. The first-order valence-corrected chi connectivity index (χ1v) is 14.9. The Morgan fingerprint density at radius 1 is 0.949 bits per heavy atom. The van der Waals surface area contributed by atoms with Crippen molar-refractivity contribution in [3.8, 4) is 23.1 Å². The largest absolute Gasteiger partial charge is 0.491 e. The van der Waals surface area contributed by atoms with Crippen LogP contribution in [0.1, 0.15) is 50.9 Å². The van der Waals surface area contributed by atoms with E-state index < -0.39 is 15.7 Å². The number of benzene rings is 1. The molecule has 0 bridgehead atoms. The van der Waals surface area contributed by atoms with Crippen LogP contribution in [0.4, 0.5) is 5.13 Å². The van der Waals surface area contributed by atoms with E-state index in [1.54, 1.807) is 36.4 Å². The smallest absolute Gasteiger partial charge is 0.257 e. The maximum atomic E-state index is 13.2. The second kappa shape index (κ2) is 10.8. The van der Waals surface area contributed by atoms with Gasteiger partial charge in [0.15, 0.2) is 20.0 Å². The number of carbonyl (C=O) groups is 1. The van der Waals surface area contributed by atoms with Crippen molar-refractivity contribution in [3.63, 3.8) is 0 Å². The summed E-state index contributed by atoms with van der Waals surface area (Å²) in [5.74, 6) is 1.19. The fourth-order valence-electron chi connectivity index (χ4n) is 3.71. The van der Waals surface area contributed by atoms with Crippen LogP contribution in [0.15, 0.2) is 53.7 Å². The van der Waals surface area contributed by atoms with Gasteiger partial charge < -0.3 is 14.2 Å². The molecule has 1 saturated carbocycles. The summed E-state index contributed by atoms with van der Waals surface area (Å²) in [5, 5.41) is 2.89. The Labute approximate surface area is 230 Å². The van der Waals surface area contributed by atoms with Gasteiger partial charge in [-0.25, -0.2) is 23.4 Å². The number of aromatic nitrogens is 3. The van der Waals surface area contributed by atoms with Crippen LogP contribution in [0.5, 0.6) is 23.1 Å². The number of ether oxygens (including phenoxy) is 3. The number of rotatable bonds is 10. The van der Waals surface area contributed by atoms with Gasteiger partial charge >= 0.3 is 0 Å². The molecule has 0 atom stereocenters. The van der Waals surface area contributed by atoms with Gasteiger partial charge in [0.05, 0.1) is 23.7 Å². The topological polar surface area (TPSA) is 130 Å². The molecule has 12 heteroatoms. The minimum absolute atomic E-state index is 0.0108. The molecule has 0 aliphatic heterocycles. The van der Waals surface area contributed by atoms with E-state index in [4.69, 9.17) is 14.2 Å². The van der Waals surface area contributed by atoms with Gasteiger partial charge in [-0.1, -0.05) is 11.3 Å². The quantitative estimate of drug-likeness (QED) is 0.258. The first kappa shape index (κ1) is 26.8. The fraction of sp³-hybridized carbons (Fsp3) is 0.333. The Kier molecular flexibility index (Phi) is 7.41. The lowest BCUT2D eigenvalue weighted by molar-refractivity contribution is 0.102. The molecule has 1 aliphatic rings. The Bertz CT molecular complexity index is 1610. The number of sulfone groups is 1. The van der Waals surface area contributed by atoms with Crippen molar-refractivity contribution in [2.75, 3.05) is 5.32 Å². The summed E-state index contributed by atoms with van der Waals surface area (Å²) >= 11 is 1.24. The second-order valence-electron chi connectivity index (χ2n) is 9.65. The fourth-order valence-corrected chi connectivity index (χ4v) is 6.09. The van der Waals surface area contributed by atoms with Crippen molar-refractivity contribution in [2.24, 2.45) is 0 Å². The van der Waals surface area contributed by atoms with E-state index >= 15 is 0 Å². The number of nitrogens with one attached hydrogen (secondary N) is 1. The van der Waals surface area contributed by atoms with E-state index in [2.05, 4.69) is 20.3 Å². The van der Waals surface area contributed by atoms with Crippen molar-refractivity contribution < 1.29 is 27.4 Å². The maximum Gasteiger partial charge on any atom is 0.257 e. The van der Waals surface area contributed by atoms with Crippen LogP contribution < -0.4 is 19.5 Å². The highest BCUT2D eigenvalue weighted by atomic mass is 32.2. The Balaban J connectivity index is 1.36. The molecule has 4 aromatic rings. The van der Waals surface area contributed by atoms with Crippen molar-refractivity contribution >= 4 is 42.6 Å². The van der Waals surface area contributed by atoms with E-state index in [1.165, 1.54) is 23.6 Å². The van der Waals surface area contributed by atoms with E-state index in [-0.39, 0.29) is 22.5 Å². The molecule has 0 saturated heterocycles. The molecule has 1 amide bonds. The number of amides is 1. The summed E-state index contributed by atoms with van der Waals surface area (Å²) in [6.07, 6.45) is 2.54. The van der Waals surface area contributed by atoms with Gasteiger partial charge in [-0.3, -0.25) is 10.1 Å². The predicted octanol–water partition coefficient (Wildman–Crippen LogP) is 5.64. The zero-order valence-electron chi connectivity index (χ0n) is 21.9. The van der Waals surface area contributed by atoms with Crippen LogP contribution in [-0.4, -0.2) is 46.7 Å². The molecular weight excluding hydrogens is 540 g/mol. The highest BCUT2D eigenvalue weighted by Crippen LogP contribution is 2.34. The number of nitrogens with zero attached hydrogens (tertiary/aromatic N) is 3. The van der Waals surface area contributed by atoms with Gasteiger partial charge in [0.1, 0.15) is 27.6 Å². The standard InChI is InChI=1S/C27H28N4O6S2/c1-15(2)35-19-11-17(25(32)31-27-29-22-8-9-23(36-16(3)4)30-26(22)38-27)12-20(13-19)37-18-5-10-24(28-14-18)39(33,34)21-6-7-21/h5,8-16,21H,6-7H2,1-4H3,(H,29,31,32). The number of fused-ring (bicyclic) bond motifs is 1. The van der Waals surface area contributed by atoms with Crippen molar-refractivity contribution in [1.29, 1.82) is 0 Å². The van der Waals surface area contributed by atoms with Crippen molar-refractivity contribution in [2.45, 2.75) is 63.0 Å². The Morgan fingerprint density at radius 2 is 1.69 bits per heavy atom. The number of anilines is 1. The molecule has 0 unspecified atom stereocenters. The lowest BCUT2D eigenvalue weighted by Crippen LogP contribution is -2.13. The van der Waals surface area contributed by atoms with Gasteiger partial charge in [-0.05, 0) is 70.9 Å². The van der Waals surface area contributed by atoms with Gasteiger partial charge in [0.25, 0.3) is 5.91 Å². The minimum Gasteiger partial charge on any atom is -0.491 e. The third kappa shape index (κ3) is 6.45. The summed E-state index contributed by atoms with van der Waals surface area (Å²) in [7, 11) is -3.40. The number of carbonyl (C=O) groups excluding carboxylic acids is 1. The molecule has 1 aromatic carbocycles. The highest BCUT2D eigenvalue weighted by molar-refractivity contribution is 7.92. The number of hydrogen-bond donors (Lipinski definition) is 1. The number of pyridine rings is 2. The van der Waals surface area contributed by atoms with Crippen LogP contribution in [-0.2, 0) is 9.84 Å². The number of hydrogen-bond acceptors (Lipinski definition) is 10. The van der Waals surface area contributed by atoms with E-state index in [1.807, 2.05) is 27.7 Å². The molecule has 204 valence electrons. The monoisotopic (exact) mass is 568 g/mol. The lowest BCUT2D eigenvalue weighted by Gasteiger charge is -2.14. The van der Waals surface area contributed by atoms with E-state index in [0.717, 1.165) is 0 Å². The molecule has 3 aromatic heterocycles. The summed E-state index contributed by atoms with van der Waals surface area (Å²) in [6, 6.07) is 11.4. The Hall–Kier alpha value is -3.77. The first-order chi connectivity index (χ1) is 18.6. The molecule has 10 nitrogen and oxygen atoms in total. The molecule has 1 aliphatic carbocycles. The van der Waals surface area contributed by atoms with Crippen molar-refractivity contribution in [3.05, 3.63) is 54.2 Å². The van der Waals surface area contributed by atoms with Gasteiger partial charge in [-0.2, -0.15) is 0 Å². The summed E-state index contributed by atoms with van der Waals surface area (Å²) in [5.41, 5.74) is 0.937. The average Bonchev–Trinajstić information content (AvgIpc) is 3.65. The molecule has 0 spiro atoms. The predicted molar refractivity (Wildman–Crippen MR) is 148 cm³/mol. The van der Waals surface area contributed by atoms with Gasteiger partial charge in [-0.15, -0.1) is 0 Å². The van der Waals surface area contributed by atoms with Crippen LogP contribution in [0.25, 0.3) is 10.3 Å². The zero-order chi connectivity index (χ0) is 27.7. The SMILES string of the molecule is CC(C)Oc1cc(Oc2ccc(S(=O)(=O)C3CC3)nc2)cc(C(=O)Nc2nc3ccc(OC(C)C)nc3s2)c1. The van der Waals surface area contributed by atoms with Gasteiger partial charge in [0, 0.05) is 17.7 Å². The lowest BCUT2D eigenvalue weighted by atomic mass is 10.2. The molecule has 1 fully saturated rings. The molecule has 3 heterocycles. The van der Waals surface area contributed by atoms with Crippen molar-refractivity contribution in [1.82, 2.24) is 15.0 Å². The van der Waals surface area contributed by atoms with Crippen LogP contribution in [0.3, 0.4) is 0 Å². The Morgan fingerprint density at radius 3 is 2.36 bits per heavy atom. The van der Waals surface area contributed by atoms with Crippen LogP contribution >= 0.6 is 11.3 Å². The van der Waals surface area contributed by atoms with Crippen LogP contribution in [0, 0.1) is 0 Å². The zero-order valence-corrected chi connectivity index (χ0v) is 23.5. The molecule has 0 radical (unpaired) electrons. The van der Waals surface area contributed by atoms with E-state index in [9.17, 15) is 13.2 Å². The maximum absolute atomic E-state index is 13.2. The average molecular weight is 569 g/mol. The van der Waals surface area contributed by atoms with Crippen LogP contribution in [0.2, 0.25) is 0 Å². The third-order valence-corrected chi connectivity index (χ3v) is 8.57. The third-order valence-electron chi connectivity index (χ3n) is 5.52. The molecule has 39 heavy (non-hydrogen) atoms. The van der Waals surface area contributed by atoms with Gasteiger partial charge in [0.2, 0.25) is 5.88 Å². The molecule has 1 N–H and O–H groups in total. The summed E-state index contributed by atoms with van der Waals surface area (Å²) in [4.78, 5) is 26.8. The molecular formula is C27H28N4O6S2.